The van der Waals surface area contributed by atoms with Gasteiger partial charge in [-0.05, 0) is 61.0 Å². The van der Waals surface area contributed by atoms with Crippen molar-refractivity contribution in [3.8, 4) is 11.3 Å². The summed E-state index contributed by atoms with van der Waals surface area (Å²) in [4.78, 5) is 36.1. The smallest absolute Gasteiger partial charge is 0.407 e. The number of nitrogens with one attached hydrogen (secondary N) is 2. The first kappa shape index (κ1) is 35.3. The summed E-state index contributed by atoms with van der Waals surface area (Å²) in [6.07, 6.45) is 13.5. The highest BCUT2D eigenvalue weighted by molar-refractivity contribution is 5.74. The van der Waals surface area contributed by atoms with Gasteiger partial charge in [0.25, 0.3) is 0 Å². The van der Waals surface area contributed by atoms with Gasteiger partial charge < -0.3 is 19.9 Å². The molecule has 48 heavy (non-hydrogen) atoms. The Labute approximate surface area is 281 Å². The zero-order chi connectivity index (χ0) is 34.0. The first-order valence-electron chi connectivity index (χ1n) is 17.3. The van der Waals surface area contributed by atoms with E-state index in [0.717, 1.165) is 61.9 Å². The number of carbonyl (C=O) groups excluding carboxylic acids is 3. The van der Waals surface area contributed by atoms with Crippen LogP contribution in [0, 0.1) is 23.7 Å². The molecule has 12 heteroatoms. The lowest BCUT2D eigenvalue weighted by atomic mass is 9.65. The molecule has 0 bridgehead atoms. The fourth-order valence-corrected chi connectivity index (χ4v) is 7.29. The van der Waals surface area contributed by atoms with Crippen molar-refractivity contribution >= 4 is 18.0 Å². The average Bonchev–Trinajstić information content (AvgIpc) is 3.53. The standard InChI is InChI=1S/C36H49N5O7/c1-23-17-27-11-8-24(2)30(15-14-29-19-28(42)20-34(44)47-29)35(27)32(18-23)48-36(45)37-21-25-9-12-26(13-10-25)31-22-41(40-38-31)16-6-4-3-5-7-33(43)39-46/h8-13,17,22-24,28-30,32,35,42,46H,3-7,14-16,18-21H2,1-2H3,(H,37,45)(H,39,43)/t23-,24-,28+,29+,30-,32-,35-/m0/s1. The molecule has 0 spiro atoms. The molecular formula is C36H49N5O7. The van der Waals surface area contributed by atoms with E-state index in [9.17, 15) is 19.5 Å². The van der Waals surface area contributed by atoms with E-state index < -0.39 is 12.2 Å². The maximum atomic E-state index is 13.1. The predicted molar refractivity (Wildman–Crippen MR) is 177 cm³/mol. The molecule has 1 saturated heterocycles. The van der Waals surface area contributed by atoms with Crippen LogP contribution in [0.5, 0.6) is 0 Å². The third kappa shape index (κ3) is 9.76. The second kappa shape index (κ2) is 16.9. The molecule has 5 rings (SSSR count). The van der Waals surface area contributed by atoms with Gasteiger partial charge in [0.15, 0.2) is 0 Å². The molecule has 2 amide bonds. The molecule has 1 aromatic heterocycles. The largest absolute Gasteiger partial charge is 0.462 e. The number of allylic oxidation sites excluding steroid dienone is 3. The molecule has 12 nitrogen and oxygen atoms in total. The summed E-state index contributed by atoms with van der Waals surface area (Å²) in [5.41, 5.74) is 5.49. The number of hydrogen-bond acceptors (Lipinski definition) is 9. The summed E-state index contributed by atoms with van der Waals surface area (Å²) in [6, 6.07) is 7.84. The van der Waals surface area contributed by atoms with Gasteiger partial charge in [0, 0.05) is 37.4 Å². The van der Waals surface area contributed by atoms with Crippen molar-refractivity contribution in [3.63, 3.8) is 0 Å². The number of aliphatic hydroxyl groups is 1. The monoisotopic (exact) mass is 663 g/mol. The van der Waals surface area contributed by atoms with Crippen molar-refractivity contribution in [2.24, 2.45) is 23.7 Å². The fraction of sp³-hybridized carbons (Fsp3) is 0.583. The number of alkyl carbamates (subject to hydrolysis) is 1. The number of unbranched alkanes of at least 4 members (excludes halogenated alkanes) is 3. The molecule has 1 aromatic carbocycles. The summed E-state index contributed by atoms with van der Waals surface area (Å²) >= 11 is 0. The van der Waals surface area contributed by atoms with Crippen molar-refractivity contribution in [3.05, 3.63) is 59.8 Å². The summed E-state index contributed by atoms with van der Waals surface area (Å²) in [6.45, 7) is 5.40. The van der Waals surface area contributed by atoms with Crippen LogP contribution in [0.15, 0.2) is 54.3 Å². The molecule has 2 aromatic rings. The molecule has 0 radical (unpaired) electrons. The number of cyclic esters (lactones) is 1. The van der Waals surface area contributed by atoms with Crippen molar-refractivity contribution in [2.75, 3.05) is 0 Å². The van der Waals surface area contributed by atoms with Crippen LogP contribution in [0.2, 0.25) is 0 Å². The van der Waals surface area contributed by atoms with E-state index in [2.05, 4.69) is 47.7 Å². The molecule has 4 N–H and O–H groups in total. The predicted octanol–water partition coefficient (Wildman–Crippen LogP) is 5.25. The van der Waals surface area contributed by atoms with Crippen LogP contribution in [0.1, 0.15) is 83.6 Å². The number of esters is 1. The minimum atomic E-state index is -0.647. The molecule has 7 atom stereocenters. The van der Waals surface area contributed by atoms with Crippen LogP contribution < -0.4 is 10.8 Å². The Morgan fingerprint density at radius 2 is 1.88 bits per heavy atom. The zero-order valence-corrected chi connectivity index (χ0v) is 27.9. The van der Waals surface area contributed by atoms with E-state index in [1.54, 1.807) is 5.48 Å². The Morgan fingerprint density at radius 1 is 1.08 bits per heavy atom. The Balaban J connectivity index is 1.10. The third-order valence-electron chi connectivity index (χ3n) is 9.80. The highest BCUT2D eigenvalue weighted by atomic mass is 16.6. The topological polar surface area (TPSA) is 165 Å². The number of hydrogen-bond donors (Lipinski definition) is 4. The van der Waals surface area contributed by atoms with Crippen LogP contribution in [0.25, 0.3) is 11.3 Å². The summed E-state index contributed by atoms with van der Waals surface area (Å²) in [5, 5.41) is 30.1. The average molecular weight is 664 g/mol. The number of aryl methyl sites for hydroxylation is 1. The molecule has 260 valence electrons. The molecule has 1 fully saturated rings. The van der Waals surface area contributed by atoms with Gasteiger partial charge >= 0.3 is 12.1 Å². The number of nitrogens with zero attached hydrogens (tertiary/aromatic N) is 3. The van der Waals surface area contributed by atoms with Gasteiger partial charge in [0.2, 0.25) is 5.91 Å². The number of rotatable bonds is 14. The van der Waals surface area contributed by atoms with Gasteiger partial charge in [0.05, 0.1) is 18.7 Å². The highest BCUT2D eigenvalue weighted by Crippen LogP contribution is 2.45. The number of carbonyl (C=O) groups is 3. The SMILES string of the molecule is C[C@H]1C=C2C=C[C@H](C)[C@H](CC[C@@H]3C[C@@H](O)CC(=O)O3)[C@H]2[C@@H](OC(=O)NCc2ccc(-c3cn(CCCCCCC(=O)NO)nn3)cc2)C1. The van der Waals surface area contributed by atoms with Gasteiger partial charge in [-0.2, -0.15) is 0 Å². The first-order chi connectivity index (χ1) is 23.2. The van der Waals surface area contributed by atoms with Crippen LogP contribution in [0.4, 0.5) is 4.79 Å². The normalized spacial score (nSPS) is 26.6. The van der Waals surface area contributed by atoms with Gasteiger partial charge in [-0.25, -0.2) is 10.3 Å². The number of amides is 2. The number of benzene rings is 1. The summed E-state index contributed by atoms with van der Waals surface area (Å²) < 4.78 is 13.5. The number of aliphatic hydroxyl groups excluding tert-OH is 1. The lowest BCUT2D eigenvalue weighted by Crippen LogP contribution is -2.43. The van der Waals surface area contributed by atoms with Crippen LogP contribution in [-0.2, 0) is 32.2 Å². The fourth-order valence-electron chi connectivity index (χ4n) is 7.29. The number of aromatic nitrogens is 3. The lowest BCUT2D eigenvalue weighted by molar-refractivity contribution is -0.160. The Morgan fingerprint density at radius 3 is 2.65 bits per heavy atom. The van der Waals surface area contributed by atoms with Crippen LogP contribution >= 0.6 is 0 Å². The van der Waals surface area contributed by atoms with Crippen LogP contribution in [-0.4, -0.2) is 61.6 Å². The van der Waals surface area contributed by atoms with E-state index in [0.29, 0.717) is 25.8 Å². The van der Waals surface area contributed by atoms with E-state index in [1.807, 2.05) is 35.1 Å². The molecule has 2 aliphatic carbocycles. The Kier molecular flexibility index (Phi) is 12.4. The molecule has 2 heterocycles. The number of fused-ring (bicyclic) bond motifs is 1. The first-order valence-corrected chi connectivity index (χ1v) is 17.3. The highest BCUT2D eigenvalue weighted by Gasteiger charge is 2.42. The summed E-state index contributed by atoms with van der Waals surface area (Å²) in [7, 11) is 0. The van der Waals surface area contributed by atoms with Gasteiger partial charge in [-0.15, -0.1) is 5.10 Å². The number of hydroxylamine groups is 1. The minimum absolute atomic E-state index is 0.0592. The molecule has 1 aliphatic heterocycles. The van der Waals surface area contributed by atoms with Crippen molar-refractivity contribution in [1.82, 2.24) is 25.8 Å². The molecular weight excluding hydrogens is 614 g/mol. The van der Waals surface area contributed by atoms with Crippen LogP contribution in [0.3, 0.4) is 0 Å². The van der Waals surface area contributed by atoms with E-state index >= 15 is 0 Å². The molecule has 3 aliphatic rings. The minimum Gasteiger partial charge on any atom is -0.462 e. The second-order valence-electron chi connectivity index (χ2n) is 13.6. The lowest BCUT2D eigenvalue weighted by Gasteiger charge is -2.43. The maximum Gasteiger partial charge on any atom is 0.407 e. The number of ether oxygens (including phenoxy) is 2. The van der Waals surface area contributed by atoms with Gasteiger partial charge in [0.1, 0.15) is 17.9 Å². The molecule has 0 unspecified atom stereocenters. The van der Waals surface area contributed by atoms with E-state index in [1.165, 1.54) is 5.57 Å². The molecule has 0 saturated carbocycles. The quantitative estimate of drug-likeness (QED) is 0.0915. The maximum absolute atomic E-state index is 13.1. The summed E-state index contributed by atoms with van der Waals surface area (Å²) in [5.74, 6) is 0.139. The van der Waals surface area contributed by atoms with Gasteiger partial charge in [-0.3, -0.25) is 19.5 Å². The Hall–Kier alpha value is -4.03. The zero-order valence-electron chi connectivity index (χ0n) is 27.9. The van der Waals surface area contributed by atoms with E-state index in [4.69, 9.17) is 14.7 Å². The van der Waals surface area contributed by atoms with Crippen molar-refractivity contribution in [2.45, 2.75) is 109 Å². The van der Waals surface area contributed by atoms with Gasteiger partial charge in [-0.1, -0.05) is 74.4 Å². The Bertz CT molecular complexity index is 1450. The van der Waals surface area contributed by atoms with Crippen molar-refractivity contribution in [1.29, 1.82) is 0 Å². The second-order valence-corrected chi connectivity index (χ2v) is 13.6. The van der Waals surface area contributed by atoms with E-state index in [-0.39, 0.29) is 54.2 Å². The third-order valence-corrected chi connectivity index (χ3v) is 9.80. The van der Waals surface area contributed by atoms with Crippen molar-refractivity contribution < 1.29 is 34.2 Å².